The molecule has 0 aliphatic carbocycles. The number of halogens is 2. The van der Waals surface area contributed by atoms with Gasteiger partial charge in [-0.3, -0.25) is 4.79 Å². The SMILES string of the molecule is Cc1cn(-c2c(F)cccc2F)nc1C(=O)N1CCC(C)(O)C1. The Labute approximate surface area is 132 Å². The fourth-order valence-corrected chi connectivity index (χ4v) is 2.76. The Morgan fingerprint density at radius 1 is 1.35 bits per heavy atom. The first-order chi connectivity index (χ1) is 10.8. The third-order valence-electron chi connectivity index (χ3n) is 4.01. The first kappa shape index (κ1) is 15.6. The number of aryl methyl sites for hydroxylation is 1. The summed E-state index contributed by atoms with van der Waals surface area (Å²) in [5.74, 6) is -1.86. The van der Waals surface area contributed by atoms with Crippen LogP contribution >= 0.6 is 0 Å². The Balaban J connectivity index is 1.94. The molecule has 1 aromatic carbocycles. The second-order valence-corrected chi connectivity index (χ2v) is 6.15. The van der Waals surface area contributed by atoms with Crippen molar-refractivity contribution in [2.45, 2.75) is 25.9 Å². The van der Waals surface area contributed by atoms with Crippen molar-refractivity contribution in [2.75, 3.05) is 13.1 Å². The summed E-state index contributed by atoms with van der Waals surface area (Å²) >= 11 is 0. The largest absolute Gasteiger partial charge is 0.388 e. The molecule has 0 bridgehead atoms. The summed E-state index contributed by atoms with van der Waals surface area (Å²) in [4.78, 5) is 14.0. The van der Waals surface area contributed by atoms with Gasteiger partial charge >= 0.3 is 0 Å². The quantitative estimate of drug-likeness (QED) is 0.921. The molecule has 1 saturated heterocycles. The van der Waals surface area contributed by atoms with Crippen molar-refractivity contribution >= 4 is 5.91 Å². The van der Waals surface area contributed by atoms with E-state index in [0.29, 0.717) is 18.5 Å². The second-order valence-electron chi connectivity index (χ2n) is 6.15. The molecular formula is C16H17F2N3O2. The number of para-hydroxylation sites is 1. The van der Waals surface area contributed by atoms with Gasteiger partial charge in [0.1, 0.15) is 5.69 Å². The number of carbonyl (C=O) groups excluding carboxylic acids is 1. The summed E-state index contributed by atoms with van der Waals surface area (Å²) in [5, 5.41) is 14.0. The van der Waals surface area contributed by atoms with Crippen LogP contribution in [0.2, 0.25) is 0 Å². The van der Waals surface area contributed by atoms with Crippen molar-refractivity contribution in [1.29, 1.82) is 0 Å². The van der Waals surface area contributed by atoms with Crippen molar-refractivity contribution in [3.05, 3.63) is 47.3 Å². The Morgan fingerprint density at radius 3 is 2.57 bits per heavy atom. The van der Waals surface area contributed by atoms with Gasteiger partial charge in [0.25, 0.3) is 5.91 Å². The number of amides is 1. The molecule has 1 fully saturated rings. The van der Waals surface area contributed by atoms with Gasteiger partial charge in [0.05, 0.1) is 5.60 Å². The van der Waals surface area contributed by atoms with Crippen LogP contribution in [0.5, 0.6) is 0 Å². The smallest absolute Gasteiger partial charge is 0.274 e. The van der Waals surface area contributed by atoms with Gasteiger partial charge in [-0.1, -0.05) is 6.07 Å². The lowest BCUT2D eigenvalue weighted by Crippen LogP contribution is -2.34. The summed E-state index contributed by atoms with van der Waals surface area (Å²) in [7, 11) is 0. The zero-order chi connectivity index (χ0) is 16.8. The zero-order valence-corrected chi connectivity index (χ0v) is 12.9. The van der Waals surface area contributed by atoms with E-state index in [1.807, 2.05) is 0 Å². The lowest BCUT2D eigenvalue weighted by molar-refractivity contribution is 0.0568. The van der Waals surface area contributed by atoms with Crippen LogP contribution in [-0.2, 0) is 0 Å². The van der Waals surface area contributed by atoms with Crippen LogP contribution in [0.1, 0.15) is 29.4 Å². The predicted octanol–water partition coefficient (Wildman–Crippen LogP) is 2.06. The number of nitrogens with zero attached hydrogens (tertiary/aromatic N) is 3. The summed E-state index contributed by atoms with van der Waals surface area (Å²) < 4.78 is 28.7. The number of benzene rings is 1. The van der Waals surface area contributed by atoms with Crippen molar-refractivity contribution < 1.29 is 18.7 Å². The highest BCUT2D eigenvalue weighted by Gasteiger charge is 2.35. The van der Waals surface area contributed by atoms with Crippen molar-refractivity contribution in [1.82, 2.24) is 14.7 Å². The number of aromatic nitrogens is 2. The number of likely N-dealkylation sites (tertiary alicyclic amines) is 1. The molecule has 1 aliphatic rings. The highest BCUT2D eigenvalue weighted by molar-refractivity contribution is 5.94. The van der Waals surface area contributed by atoms with Gasteiger partial charge in [0.2, 0.25) is 0 Å². The maximum Gasteiger partial charge on any atom is 0.274 e. The molecule has 1 atom stereocenters. The minimum atomic E-state index is -0.913. The van der Waals surface area contributed by atoms with Crippen molar-refractivity contribution in [2.24, 2.45) is 0 Å². The van der Waals surface area contributed by atoms with Crippen LogP contribution in [0.25, 0.3) is 5.69 Å². The van der Waals surface area contributed by atoms with Crippen molar-refractivity contribution in [3.63, 3.8) is 0 Å². The molecular weight excluding hydrogens is 304 g/mol. The number of hydrogen-bond donors (Lipinski definition) is 1. The van der Waals surface area contributed by atoms with Crippen LogP contribution in [0.15, 0.2) is 24.4 Å². The highest BCUT2D eigenvalue weighted by atomic mass is 19.1. The minimum Gasteiger partial charge on any atom is -0.388 e. The fraction of sp³-hybridized carbons (Fsp3) is 0.375. The van der Waals surface area contributed by atoms with Gasteiger partial charge < -0.3 is 10.0 Å². The van der Waals surface area contributed by atoms with Gasteiger partial charge in [-0.15, -0.1) is 0 Å². The van der Waals surface area contributed by atoms with Crippen LogP contribution in [0.4, 0.5) is 8.78 Å². The van der Waals surface area contributed by atoms with Crippen LogP contribution in [0, 0.1) is 18.6 Å². The van der Waals surface area contributed by atoms with Gasteiger partial charge in [-0.25, -0.2) is 13.5 Å². The van der Waals surface area contributed by atoms with E-state index in [9.17, 15) is 18.7 Å². The summed E-state index contributed by atoms with van der Waals surface area (Å²) in [5.41, 5.74) is -0.582. The molecule has 5 nitrogen and oxygen atoms in total. The minimum absolute atomic E-state index is 0.130. The summed E-state index contributed by atoms with van der Waals surface area (Å²) in [6.07, 6.45) is 1.91. The third-order valence-corrected chi connectivity index (χ3v) is 4.01. The third kappa shape index (κ3) is 2.84. The standard InChI is InChI=1S/C16H17F2N3O2/c1-10-8-21(14-11(17)4-3-5-12(14)18)19-13(10)15(22)20-7-6-16(2,23)9-20/h3-5,8,23H,6-7,9H2,1-2H3. The molecule has 2 aromatic rings. The molecule has 122 valence electrons. The van der Waals surface area contributed by atoms with E-state index >= 15 is 0 Å². The van der Waals surface area contributed by atoms with E-state index in [1.165, 1.54) is 17.2 Å². The molecule has 1 N–H and O–H groups in total. The van der Waals surface area contributed by atoms with E-state index < -0.39 is 17.2 Å². The molecule has 23 heavy (non-hydrogen) atoms. The maximum absolute atomic E-state index is 13.9. The van der Waals surface area contributed by atoms with Gasteiger partial charge in [-0.2, -0.15) is 5.10 Å². The van der Waals surface area contributed by atoms with E-state index in [1.54, 1.807) is 13.8 Å². The Morgan fingerprint density at radius 2 is 2.00 bits per heavy atom. The first-order valence-corrected chi connectivity index (χ1v) is 7.31. The number of hydrogen-bond acceptors (Lipinski definition) is 3. The average Bonchev–Trinajstić information content (AvgIpc) is 3.01. The molecule has 0 spiro atoms. The average molecular weight is 321 g/mol. The predicted molar refractivity (Wildman–Crippen MR) is 79.4 cm³/mol. The molecule has 0 saturated carbocycles. The molecule has 1 aliphatic heterocycles. The van der Waals surface area contributed by atoms with E-state index in [4.69, 9.17) is 0 Å². The number of carbonyl (C=O) groups is 1. The maximum atomic E-state index is 13.9. The summed E-state index contributed by atoms with van der Waals surface area (Å²) in [6.45, 7) is 3.96. The number of aliphatic hydroxyl groups is 1. The molecule has 0 radical (unpaired) electrons. The van der Waals surface area contributed by atoms with E-state index in [2.05, 4.69) is 5.10 Å². The summed E-state index contributed by atoms with van der Waals surface area (Å²) in [6, 6.07) is 3.53. The van der Waals surface area contributed by atoms with Crippen LogP contribution < -0.4 is 0 Å². The van der Waals surface area contributed by atoms with Crippen LogP contribution in [0.3, 0.4) is 0 Å². The molecule has 7 heteroatoms. The van der Waals surface area contributed by atoms with Gasteiger partial charge in [0.15, 0.2) is 17.3 Å². The number of β-amino-alcohol motifs (C(OH)–C–C–N with tert-alkyl or cyclic N) is 1. The normalized spacial score (nSPS) is 21.0. The molecule has 1 amide bonds. The van der Waals surface area contributed by atoms with Gasteiger partial charge in [-0.05, 0) is 32.4 Å². The van der Waals surface area contributed by atoms with Crippen LogP contribution in [-0.4, -0.2) is 44.4 Å². The lowest BCUT2D eigenvalue weighted by atomic mass is 10.1. The topological polar surface area (TPSA) is 58.4 Å². The highest BCUT2D eigenvalue weighted by Crippen LogP contribution is 2.24. The molecule has 1 unspecified atom stereocenters. The van der Waals surface area contributed by atoms with E-state index in [-0.39, 0.29) is 23.8 Å². The Hall–Kier alpha value is -2.28. The second kappa shape index (κ2) is 5.42. The zero-order valence-electron chi connectivity index (χ0n) is 12.9. The molecule has 2 heterocycles. The Kier molecular flexibility index (Phi) is 3.68. The number of rotatable bonds is 2. The molecule has 3 rings (SSSR count). The van der Waals surface area contributed by atoms with Gasteiger partial charge in [0, 0.05) is 24.8 Å². The first-order valence-electron chi connectivity index (χ1n) is 7.31. The molecule has 1 aromatic heterocycles. The van der Waals surface area contributed by atoms with E-state index in [0.717, 1.165) is 16.8 Å². The Bertz CT molecular complexity index is 750. The monoisotopic (exact) mass is 321 g/mol. The lowest BCUT2D eigenvalue weighted by Gasteiger charge is -2.18. The fourth-order valence-electron chi connectivity index (χ4n) is 2.76. The van der Waals surface area contributed by atoms with Crippen molar-refractivity contribution in [3.8, 4) is 5.69 Å².